The molecule has 8 heteroatoms. The van der Waals surface area contributed by atoms with Gasteiger partial charge in [-0.25, -0.2) is 4.79 Å². The first-order chi connectivity index (χ1) is 21.0. The third-order valence-corrected chi connectivity index (χ3v) is 7.92. The van der Waals surface area contributed by atoms with Gasteiger partial charge < -0.3 is 15.0 Å². The number of fused-ring (bicyclic) bond motifs is 1. The summed E-state index contributed by atoms with van der Waals surface area (Å²) in [5, 5.41) is 2.92. The number of nitrogens with zero attached hydrogens (tertiary/aromatic N) is 3. The zero-order valence-corrected chi connectivity index (χ0v) is 23.9. The number of anilines is 1. The molecular formula is C35H32N4O4. The largest absolute Gasteiger partial charge is 0.465 e. The molecule has 0 saturated carbocycles. The van der Waals surface area contributed by atoms with Crippen molar-refractivity contribution in [2.75, 3.05) is 38.6 Å². The van der Waals surface area contributed by atoms with Crippen LogP contribution in [-0.2, 0) is 16.1 Å². The van der Waals surface area contributed by atoms with Crippen molar-refractivity contribution >= 4 is 34.9 Å². The minimum atomic E-state index is -0.626. The van der Waals surface area contributed by atoms with E-state index in [-0.39, 0.29) is 11.8 Å². The molecule has 1 unspecified atom stereocenters. The Kier molecular flexibility index (Phi) is 8.11. The number of esters is 1. The number of carbonyl (C=O) groups is 3. The summed E-state index contributed by atoms with van der Waals surface area (Å²) in [6.07, 6.45) is 0. The number of aliphatic imine (C=N–C) groups is 1. The highest BCUT2D eigenvalue weighted by Crippen LogP contribution is 2.37. The first-order valence-corrected chi connectivity index (χ1v) is 14.3. The van der Waals surface area contributed by atoms with E-state index in [9.17, 15) is 14.4 Å². The highest BCUT2D eigenvalue weighted by atomic mass is 16.5. The monoisotopic (exact) mass is 572 g/mol. The Morgan fingerprint density at radius 1 is 0.814 bits per heavy atom. The smallest absolute Gasteiger partial charge is 0.337 e. The molecule has 2 amide bonds. The summed E-state index contributed by atoms with van der Waals surface area (Å²) in [5.74, 6) is -1.20. The Balaban J connectivity index is 1.18. The van der Waals surface area contributed by atoms with Crippen LogP contribution in [0.5, 0.6) is 0 Å². The van der Waals surface area contributed by atoms with Crippen molar-refractivity contribution in [1.29, 1.82) is 0 Å². The van der Waals surface area contributed by atoms with Gasteiger partial charge in [-0.15, -0.1) is 0 Å². The molecule has 1 atom stereocenters. The van der Waals surface area contributed by atoms with E-state index in [1.807, 2.05) is 77.7 Å². The lowest BCUT2D eigenvalue weighted by Gasteiger charge is -2.34. The molecule has 2 aliphatic rings. The van der Waals surface area contributed by atoms with Gasteiger partial charge in [0.15, 0.2) is 0 Å². The summed E-state index contributed by atoms with van der Waals surface area (Å²) < 4.78 is 4.84. The second kappa shape index (κ2) is 12.4. The fourth-order valence-electron chi connectivity index (χ4n) is 5.63. The van der Waals surface area contributed by atoms with E-state index in [1.54, 1.807) is 18.2 Å². The predicted molar refractivity (Wildman–Crippen MR) is 166 cm³/mol. The fourth-order valence-corrected chi connectivity index (χ4v) is 5.63. The third-order valence-electron chi connectivity index (χ3n) is 7.92. The average Bonchev–Trinajstić information content (AvgIpc) is 3.39. The molecular weight excluding hydrogens is 540 g/mol. The first-order valence-electron chi connectivity index (χ1n) is 14.3. The van der Waals surface area contributed by atoms with Crippen LogP contribution in [0.2, 0.25) is 0 Å². The molecule has 2 aliphatic heterocycles. The van der Waals surface area contributed by atoms with Gasteiger partial charge in [-0.05, 0) is 53.1 Å². The molecule has 0 spiro atoms. The van der Waals surface area contributed by atoms with Gasteiger partial charge in [0, 0.05) is 44.0 Å². The summed E-state index contributed by atoms with van der Waals surface area (Å²) >= 11 is 0. The molecule has 0 aromatic heterocycles. The van der Waals surface area contributed by atoms with Crippen LogP contribution in [0.25, 0.3) is 0 Å². The number of carbonyl (C=O) groups excluding carboxylic acids is 3. The lowest BCUT2D eigenvalue weighted by molar-refractivity contribution is -0.115. The van der Waals surface area contributed by atoms with Gasteiger partial charge in [0.2, 0.25) is 5.91 Å². The van der Waals surface area contributed by atoms with Crippen LogP contribution in [-0.4, -0.2) is 66.6 Å². The zero-order valence-electron chi connectivity index (χ0n) is 23.9. The van der Waals surface area contributed by atoms with Crippen molar-refractivity contribution in [3.63, 3.8) is 0 Å². The second-order valence-corrected chi connectivity index (χ2v) is 10.7. The van der Waals surface area contributed by atoms with E-state index >= 15 is 0 Å². The van der Waals surface area contributed by atoms with E-state index in [2.05, 4.69) is 22.3 Å². The van der Waals surface area contributed by atoms with Crippen molar-refractivity contribution in [1.82, 2.24) is 9.80 Å². The molecule has 0 radical (unpaired) electrons. The predicted octanol–water partition coefficient (Wildman–Crippen LogP) is 5.29. The Hall–Kier alpha value is -5.08. The van der Waals surface area contributed by atoms with Crippen molar-refractivity contribution in [2.24, 2.45) is 4.99 Å². The summed E-state index contributed by atoms with van der Waals surface area (Å²) in [5.41, 5.74) is 5.83. The van der Waals surface area contributed by atoms with Gasteiger partial charge in [0.05, 0.1) is 24.1 Å². The zero-order chi connectivity index (χ0) is 29.8. The van der Waals surface area contributed by atoms with Gasteiger partial charge in [-0.3, -0.25) is 19.5 Å². The van der Waals surface area contributed by atoms with E-state index < -0.39 is 11.9 Å². The maximum Gasteiger partial charge on any atom is 0.337 e. The molecule has 2 heterocycles. The van der Waals surface area contributed by atoms with E-state index in [0.717, 1.165) is 47.6 Å². The molecule has 1 N–H and O–H groups in total. The van der Waals surface area contributed by atoms with Gasteiger partial charge in [-0.2, -0.15) is 0 Å². The number of hydrogen-bond donors (Lipinski definition) is 1. The minimum Gasteiger partial charge on any atom is -0.465 e. The molecule has 0 aliphatic carbocycles. The topological polar surface area (TPSA) is 91.3 Å². The number of rotatable bonds is 7. The minimum absolute atomic E-state index is 0.0826. The molecule has 6 rings (SSSR count). The van der Waals surface area contributed by atoms with E-state index in [0.29, 0.717) is 30.1 Å². The number of amides is 2. The van der Waals surface area contributed by atoms with Crippen molar-refractivity contribution in [2.45, 2.75) is 12.5 Å². The standard InChI is InChI=1S/C35H32N4O4/c1-43-35(42)27-14-17-29-30(22-27)37-33(40)31(29)32(25-8-4-2-5-9-25)36-28-15-12-24(13-16-28)23-38-18-20-39(21-19-38)34(41)26-10-6-3-7-11-26/h2-17,22,31H,18-21,23H2,1H3,(H,37,40). The first kappa shape index (κ1) is 28.1. The van der Waals surface area contributed by atoms with Gasteiger partial charge in [-0.1, -0.05) is 66.7 Å². The normalized spacial score (nSPS) is 16.9. The van der Waals surface area contributed by atoms with Crippen molar-refractivity contribution in [3.8, 4) is 0 Å². The van der Waals surface area contributed by atoms with Crippen LogP contribution in [0.4, 0.5) is 11.4 Å². The fraction of sp³-hybridized carbons (Fsp3) is 0.200. The van der Waals surface area contributed by atoms with Gasteiger partial charge in [0.1, 0.15) is 5.92 Å². The van der Waals surface area contributed by atoms with Crippen LogP contribution >= 0.6 is 0 Å². The highest BCUT2D eigenvalue weighted by Gasteiger charge is 2.36. The number of piperazine rings is 1. The van der Waals surface area contributed by atoms with E-state index in [1.165, 1.54) is 7.11 Å². The van der Waals surface area contributed by atoms with Crippen LogP contribution in [0.1, 0.15) is 43.3 Å². The number of nitrogens with one attached hydrogen (secondary N) is 1. The lowest BCUT2D eigenvalue weighted by atomic mass is 9.90. The molecule has 43 heavy (non-hydrogen) atoms. The van der Waals surface area contributed by atoms with Crippen molar-refractivity contribution < 1.29 is 19.1 Å². The quantitative estimate of drug-likeness (QED) is 0.240. The Morgan fingerprint density at radius 2 is 1.47 bits per heavy atom. The molecule has 4 aromatic rings. The molecule has 4 aromatic carbocycles. The summed E-state index contributed by atoms with van der Waals surface area (Å²) in [7, 11) is 1.33. The summed E-state index contributed by atoms with van der Waals surface area (Å²) in [6.45, 7) is 3.80. The molecule has 1 saturated heterocycles. The van der Waals surface area contributed by atoms with Crippen LogP contribution in [0.3, 0.4) is 0 Å². The molecule has 216 valence electrons. The van der Waals surface area contributed by atoms with Crippen LogP contribution < -0.4 is 5.32 Å². The van der Waals surface area contributed by atoms with Crippen LogP contribution in [0, 0.1) is 0 Å². The summed E-state index contributed by atoms with van der Waals surface area (Å²) in [6, 6.07) is 32.3. The number of benzene rings is 4. The van der Waals surface area contributed by atoms with Gasteiger partial charge in [0.25, 0.3) is 5.91 Å². The molecule has 0 bridgehead atoms. The Bertz CT molecular complexity index is 1660. The molecule has 8 nitrogen and oxygen atoms in total. The maximum absolute atomic E-state index is 13.3. The lowest BCUT2D eigenvalue weighted by Crippen LogP contribution is -2.48. The second-order valence-electron chi connectivity index (χ2n) is 10.7. The Morgan fingerprint density at radius 3 is 2.12 bits per heavy atom. The third kappa shape index (κ3) is 6.10. The number of hydrogen-bond acceptors (Lipinski definition) is 6. The van der Waals surface area contributed by atoms with Gasteiger partial charge >= 0.3 is 5.97 Å². The summed E-state index contributed by atoms with van der Waals surface area (Å²) in [4.78, 5) is 47.4. The van der Waals surface area contributed by atoms with Crippen molar-refractivity contribution in [3.05, 3.63) is 131 Å². The average molecular weight is 573 g/mol. The van der Waals surface area contributed by atoms with E-state index in [4.69, 9.17) is 9.73 Å². The maximum atomic E-state index is 13.3. The SMILES string of the molecule is COC(=O)c1ccc2c(c1)NC(=O)C2C(=Nc1ccc(CN2CCN(C(=O)c3ccccc3)CC2)cc1)c1ccccc1. The highest BCUT2D eigenvalue weighted by molar-refractivity contribution is 6.24. The van der Waals surface area contributed by atoms with Crippen LogP contribution in [0.15, 0.2) is 108 Å². The molecule has 1 fully saturated rings. The number of methoxy groups -OCH3 is 1. The number of ether oxygens (including phenoxy) is 1. The Labute approximate surface area is 250 Å².